The highest BCUT2D eigenvalue weighted by atomic mass is 16.1. The summed E-state index contributed by atoms with van der Waals surface area (Å²) in [6, 6.07) is 14.9. The van der Waals surface area contributed by atoms with Crippen LogP contribution in [0, 0.1) is 6.92 Å². The van der Waals surface area contributed by atoms with Gasteiger partial charge in [-0.2, -0.15) is 0 Å². The van der Waals surface area contributed by atoms with Gasteiger partial charge in [0.25, 0.3) is 0 Å². The van der Waals surface area contributed by atoms with E-state index in [1.54, 1.807) is 0 Å². The van der Waals surface area contributed by atoms with Crippen LogP contribution < -0.4 is 0 Å². The van der Waals surface area contributed by atoms with E-state index >= 15 is 0 Å². The average molecular weight is 300 g/mol. The van der Waals surface area contributed by atoms with Crippen LogP contribution in [0.4, 0.5) is 0 Å². The van der Waals surface area contributed by atoms with Gasteiger partial charge in [0.15, 0.2) is 0 Å². The number of Topliss-reactive ketones (excluding diaryl/α,β-unsaturated/α-hetero) is 1. The fraction of sp³-hybridized carbons (Fsp3) is 0.300. The molecule has 22 heavy (non-hydrogen) atoms. The molecule has 2 rings (SSSR count). The first kappa shape index (κ1) is 19.8. The van der Waals surface area contributed by atoms with Crippen LogP contribution in [0.15, 0.2) is 55.1 Å². The van der Waals surface area contributed by atoms with Crippen molar-refractivity contribution in [2.45, 2.75) is 40.0 Å². The van der Waals surface area contributed by atoms with Crippen LogP contribution in [0.25, 0.3) is 10.8 Å². The van der Waals surface area contributed by atoms with Crippen molar-refractivity contribution >= 4 is 22.8 Å². The number of fused-ring (bicyclic) bond motifs is 1. The zero-order valence-electron chi connectivity index (χ0n) is 13.8. The first-order chi connectivity index (χ1) is 10.5. The molecule has 0 amide bonds. The number of allylic oxidation sites excluding steroid dienone is 1. The molecule has 2 nitrogen and oxygen atoms in total. The van der Waals surface area contributed by atoms with Gasteiger partial charge in [0, 0.05) is 14.3 Å². The summed E-state index contributed by atoms with van der Waals surface area (Å²) in [5, 5.41) is 2.64. The molecule has 0 bridgehead atoms. The summed E-state index contributed by atoms with van der Waals surface area (Å²) < 4.78 is 0. The van der Waals surface area contributed by atoms with E-state index in [-0.39, 0.29) is 7.21 Å². The largest absolute Gasteiger partial charge is 0.303 e. The monoisotopic (exact) mass is 300 g/mol. The van der Waals surface area contributed by atoms with Crippen molar-refractivity contribution in [2.24, 2.45) is 0 Å². The standard InChI is InChI=1S/C11H10.C5H8O2.C4H8.H2/c1-9-6-7-10-4-2-3-5-11(10)8-9;1-5(7)3-2-4-6;1-3-4-2;/h2-8H,1H3;4H,2-3H2,1H3;3H,1,4H2,2H3;1H. The molecule has 0 saturated carbocycles. The molecule has 0 aliphatic carbocycles. The number of carbonyl (C=O) groups excluding carboxylic acids is 2. The van der Waals surface area contributed by atoms with E-state index in [2.05, 4.69) is 62.9 Å². The molecule has 0 aliphatic rings. The van der Waals surface area contributed by atoms with Crippen LogP contribution >= 0.6 is 0 Å². The first-order valence-corrected chi connectivity index (χ1v) is 7.54. The van der Waals surface area contributed by atoms with Crippen molar-refractivity contribution in [2.75, 3.05) is 0 Å². The minimum Gasteiger partial charge on any atom is -0.303 e. The SMILES string of the molecule is C=CCC.CC(=O)CCC=O.Cc1ccc2ccccc2c1.[HH]. The number of aryl methyl sites for hydroxylation is 1. The van der Waals surface area contributed by atoms with Crippen LogP contribution in [0.3, 0.4) is 0 Å². The maximum Gasteiger partial charge on any atom is 0.130 e. The zero-order valence-corrected chi connectivity index (χ0v) is 13.8. The van der Waals surface area contributed by atoms with Crippen molar-refractivity contribution < 1.29 is 11.0 Å². The van der Waals surface area contributed by atoms with Gasteiger partial charge in [0.2, 0.25) is 0 Å². The highest BCUT2D eigenvalue weighted by Gasteiger charge is 1.89. The second kappa shape index (κ2) is 12.5. The molecule has 0 spiro atoms. The highest BCUT2D eigenvalue weighted by molar-refractivity contribution is 5.82. The van der Waals surface area contributed by atoms with Crippen LogP contribution in [0.1, 0.15) is 40.1 Å². The van der Waals surface area contributed by atoms with E-state index in [1.807, 2.05) is 6.08 Å². The minimum atomic E-state index is 0. The molecule has 0 aromatic heterocycles. The number of hydrogen-bond donors (Lipinski definition) is 0. The van der Waals surface area contributed by atoms with Gasteiger partial charge in [-0.05, 0) is 31.0 Å². The van der Waals surface area contributed by atoms with E-state index in [1.165, 1.54) is 23.3 Å². The average Bonchev–Trinajstić information content (AvgIpc) is 2.53. The third-order valence-corrected chi connectivity index (χ3v) is 2.81. The fourth-order valence-electron chi connectivity index (χ4n) is 1.57. The van der Waals surface area contributed by atoms with Crippen LogP contribution in [0.5, 0.6) is 0 Å². The van der Waals surface area contributed by atoms with Gasteiger partial charge in [-0.15, -0.1) is 6.58 Å². The summed E-state index contributed by atoms with van der Waals surface area (Å²) in [7, 11) is 0. The molecular formula is C20H28O2. The predicted octanol–water partition coefficient (Wildman–Crippen LogP) is 5.53. The molecule has 2 aromatic rings. The van der Waals surface area contributed by atoms with Gasteiger partial charge < -0.3 is 9.59 Å². The molecule has 120 valence electrons. The lowest BCUT2D eigenvalue weighted by Crippen LogP contribution is -1.88. The predicted molar refractivity (Wildman–Crippen MR) is 97.3 cm³/mol. The van der Waals surface area contributed by atoms with Gasteiger partial charge in [0.1, 0.15) is 12.1 Å². The Hall–Kier alpha value is -2.22. The molecule has 0 radical (unpaired) electrons. The van der Waals surface area contributed by atoms with Crippen molar-refractivity contribution in [3.8, 4) is 0 Å². The summed E-state index contributed by atoms with van der Waals surface area (Å²) in [5.74, 6) is 0.0760. The molecule has 0 N–H and O–H groups in total. The highest BCUT2D eigenvalue weighted by Crippen LogP contribution is 2.14. The Morgan fingerprint density at radius 2 is 1.77 bits per heavy atom. The third kappa shape index (κ3) is 9.65. The molecule has 0 unspecified atom stereocenters. The topological polar surface area (TPSA) is 34.1 Å². The maximum absolute atomic E-state index is 10.0. The van der Waals surface area contributed by atoms with Gasteiger partial charge in [-0.25, -0.2) is 0 Å². The lowest BCUT2D eigenvalue weighted by Gasteiger charge is -1.96. The number of aldehydes is 1. The normalized spacial score (nSPS) is 8.86. The van der Waals surface area contributed by atoms with E-state index in [4.69, 9.17) is 0 Å². The maximum atomic E-state index is 10.0. The lowest BCUT2D eigenvalue weighted by atomic mass is 10.1. The number of ketones is 1. The van der Waals surface area contributed by atoms with E-state index in [0.717, 1.165) is 12.7 Å². The number of carbonyl (C=O) groups is 2. The van der Waals surface area contributed by atoms with Gasteiger partial charge >= 0.3 is 0 Å². The molecule has 2 aromatic carbocycles. The summed E-state index contributed by atoms with van der Waals surface area (Å²) in [6.45, 7) is 9.13. The molecular weight excluding hydrogens is 272 g/mol. The summed E-state index contributed by atoms with van der Waals surface area (Å²) in [4.78, 5) is 19.6. The summed E-state index contributed by atoms with van der Waals surface area (Å²) >= 11 is 0. The van der Waals surface area contributed by atoms with E-state index in [0.29, 0.717) is 12.8 Å². The Morgan fingerprint density at radius 3 is 2.23 bits per heavy atom. The van der Waals surface area contributed by atoms with Gasteiger partial charge in [-0.1, -0.05) is 61.0 Å². The Kier molecular flexibility index (Phi) is 11.3. The van der Waals surface area contributed by atoms with Crippen LogP contribution in [-0.2, 0) is 9.59 Å². The fourth-order valence-corrected chi connectivity index (χ4v) is 1.57. The molecule has 0 aliphatic heterocycles. The minimum absolute atomic E-state index is 0. The van der Waals surface area contributed by atoms with E-state index in [9.17, 15) is 9.59 Å². The molecule has 0 saturated heterocycles. The van der Waals surface area contributed by atoms with Crippen molar-refractivity contribution in [1.82, 2.24) is 0 Å². The van der Waals surface area contributed by atoms with Crippen molar-refractivity contribution in [3.05, 3.63) is 60.7 Å². The Bertz CT molecular complexity index is 591. The lowest BCUT2D eigenvalue weighted by molar-refractivity contribution is -0.118. The zero-order chi connectivity index (χ0) is 16.8. The molecule has 0 atom stereocenters. The quantitative estimate of drug-likeness (QED) is 0.549. The summed E-state index contributed by atoms with van der Waals surface area (Å²) in [5.41, 5.74) is 1.32. The third-order valence-electron chi connectivity index (χ3n) is 2.81. The first-order valence-electron chi connectivity index (χ1n) is 7.54. The molecule has 2 heteroatoms. The second-order valence-corrected chi connectivity index (χ2v) is 4.95. The van der Waals surface area contributed by atoms with Gasteiger partial charge in [0.05, 0.1) is 0 Å². The smallest absolute Gasteiger partial charge is 0.130 e. The molecule has 0 fully saturated rings. The Balaban J connectivity index is 0. The van der Waals surface area contributed by atoms with Crippen LogP contribution in [-0.4, -0.2) is 12.1 Å². The Morgan fingerprint density at radius 1 is 1.18 bits per heavy atom. The number of rotatable bonds is 4. The Labute approximate surface area is 135 Å². The molecule has 0 heterocycles. The second-order valence-electron chi connectivity index (χ2n) is 4.95. The summed E-state index contributed by atoms with van der Waals surface area (Å²) in [6.07, 6.45) is 4.47. The number of benzene rings is 2. The van der Waals surface area contributed by atoms with Gasteiger partial charge in [-0.3, -0.25) is 0 Å². The number of hydrogen-bond acceptors (Lipinski definition) is 2. The van der Waals surface area contributed by atoms with Crippen molar-refractivity contribution in [3.63, 3.8) is 0 Å². The van der Waals surface area contributed by atoms with E-state index < -0.39 is 0 Å². The van der Waals surface area contributed by atoms with Crippen LogP contribution in [0.2, 0.25) is 0 Å². The van der Waals surface area contributed by atoms with Crippen molar-refractivity contribution in [1.29, 1.82) is 0 Å².